The van der Waals surface area contributed by atoms with E-state index in [0.717, 1.165) is 17.0 Å². The van der Waals surface area contributed by atoms with Crippen molar-refractivity contribution in [2.45, 2.75) is 39.3 Å². The van der Waals surface area contributed by atoms with Gasteiger partial charge in [0.05, 0.1) is 18.1 Å². The van der Waals surface area contributed by atoms with Gasteiger partial charge in [-0.2, -0.15) is 5.10 Å². The first-order valence-corrected chi connectivity index (χ1v) is 10.2. The lowest BCUT2D eigenvalue weighted by molar-refractivity contribution is 0.184. The second-order valence-electron chi connectivity index (χ2n) is 7.20. The Kier molecular flexibility index (Phi) is 5.00. The first-order valence-electron chi connectivity index (χ1n) is 9.33. The summed E-state index contributed by atoms with van der Waals surface area (Å²) in [6, 6.07) is 10.1. The fraction of sp³-hybridized carbons (Fsp3) is 0.286. The van der Waals surface area contributed by atoms with E-state index in [1.165, 1.54) is 10.4 Å². The van der Waals surface area contributed by atoms with Crippen molar-refractivity contribution >= 4 is 23.1 Å². The van der Waals surface area contributed by atoms with Crippen LogP contribution in [-0.2, 0) is 0 Å². The highest BCUT2D eigenvalue weighted by molar-refractivity contribution is 7.10. The number of carbonyl (C=O) groups is 1. The Morgan fingerprint density at radius 2 is 2.04 bits per heavy atom. The number of urea groups is 1. The fourth-order valence-corrected chi connectivity index (χ4v) is 4.37. The minimum Gasteiger partial charge on any atom is -0.334 e. The number of hydrogen-bond acceptors (Lipinski definition) is 4. The van der Waals surface area contributed by atoms with Crippen molar-refractivity contribution < 1.29 is 4.79 Å². The quantitative estimate of drug-likeness (QED) is 0.709. The SMILES string of the molecule is Cc1ccsc1C1CC(c2ccc(-n3ccnc3)cc2)=NN1C(=O)NC(C)C. The van der Waals surface area contributed by atoms with E-state index in [1.807, 2.05) is 36.7 Å². The van der Waals surface area contributed by atoms with Gasteiger partial charge in [0.25, 0.3) is 0 Å². The number of aromatic nitrogens is 2. The third-order valence-corrected chi connectivity index (χ3v) is 5.86. The van der Waals surface area contributed by atoms with Gasteiger partial charge in [-0.1, -0.05) is 12.1 Å². The predicted molar refractivity (Wildman–Crippen MR) is 112 cm³/mol. The molecule has 3 heterocycles. The van der Waals surface area contributed by atoms with Crippen molar-refractivity contribution in [2.75, 3.05) is 0 Å². The molecular weight excluding hydrogens is 370 g/mol. The number of amides is 2. The minimum absolute atomic E-state index is 0.0614. The first kappa shape index (κ1) is 18.4. The van der Waals surface area contributed by atoms with Crippen LogP contribution in [0.5, 0.6) is 0 Å². The Bertz CT molecular complexity index is 988. The fourth-order valence-electron chi connectivity index (χ4n) is 3.35. The van der Waals surface area contributed by atoms with Gasteiger partial charge in [-0.3, -0.25) is 0 Å². The van der Waals surface area contributed by atoms with Crippen LogP contribution in [0.1, 0.15) is 42.3 Å². The van der Waals surface area contributed by atoms with Crippen LogP contribution in [-0.4, -0.2) is 32.3 Å². The van der Waals surface area contributed by atoms with E-state index >= 15 is 0 Å². The largest absolute Gasteiger partial charge is 0.338 e. The molecule has 144 valence electrons. The van der Waals surface area contributed by atoms with Gasteiger partial charge in [0.1, 0.15) is 0 Å². The average Bonchev–Trinajstić information content (AvgIpc) is 3.41. The first-order chi connectivity index (χ1) is 13.5. The molecule has 0 fully saturated rings. The number of aryl methyl sites for hydroxylation is 1. The van der Waals surface area contributed by atoms with Gasteiger partial charge in [0.15, 0.2) is 0 Å². The standard InChI is InChI=1S/C21H23N5OS/c1-14(2)23-21(27)26-19(20-15(3)8-11-28-20)12-18(24-26)16-4-6-17(7-5-16)25-10-9-22-13-25/h4-11,13-14,19H,12H2,1-3H3,(H,23,27). The summed E-state index contributed by atoms with van der Waals surface area (Å²) in [6.45, 7) is 6.00. The summed E-state index contributed by atoms with van der Waals surface area (Å²) in [5, 5.41) is 11.4. The summed E-state index contributed by atoms with van der Waals surface area (Å²) in [7, 11) is 0. The molecule has 0 saturated carbocycles. The molecule has 28 heavy (non-hydrogen) atoms. The van der Waals surface area contributed by atoms with E-state index in [4.69, 9.17) is 5.10 Å². The number of carbonyl (C=O) groups excluding carboxylic acids is 1. The van der Waals surface area contributed by atoms with Crippen molar-refractivity contribution in [1.82, 2.24) is 19.9 Å². The molecule has 0 aliphatic carbocycles. The van der Waals surface area contributed by atoms with Crippen LogP contribution in [0.15, 0.2) is 59.5 Å². The van der Waals surface area contributed by atoms with E-state index in [1.54, 1.807) is 28.9 Å². The van der Waals surface area contributed by atoms with Crippen LogP contribution in [0.3, 0.4) is 0 Å². The van der Waals surface area contributed by atoms with Gasteiger partial charge in [-0.15, -0.1) is 11.3 Å². The zero-order chi connectivity index (χ0) is 19.7. The second kappa shape index (κ2) is 7.59. The van der Waals surface area contributed by atoms with Gasteiger partial charge >= 0.3 is 6.03 Å². The topological polar surface area (TPSA) is 62.5 Å². The normalized spacial score (nSPS) is 16.5. The van der Waals surface area contributed by atoms with Gasteiger partial charge < -0.3 is 9.88 Å². The molecule has 7 heteroatoms. The monoisotopic (exact) mass is 393 g/mol. The highest BCUT2D eigenvalue weighted by Gasteiger charge is 2.34. The van der Waals surface area contributed by atoms with E-state index in [9.17, 15) is 4.79 Å². The lowest BCUT2D eigenvalue weighted by Gasteiger charge is -2.23. The molecule has 1 N–H and O–H groups in total. The molecule has 1 aliphatic heterocycles. The Hall–Kier alpha value is -2.93. The van der Waals surface area contributed by atoms with Crippen LogP contribution in [0.4, 0.5) is 4.79 Å². The Balaban J connectivity index is 1.63. The Morgan fingerprint density at radius 3 is 2.64 bits per heavy atom. The second-order valence-corrected chi connectivity index (χ2v) is 8.15. The molecule has 0 radical (unpaired) electrons. The molecule has 2 aromatic heterocycles. The molecule has 1 unspecified atom stereocenters. The molecule has 3 aromatic rings. The number of thiophene rings is 1. The van der Waals surface area contributed by atoms with Crippen molar-refractivity contribution in [3.8, 4) is 5.69 Å². The maximum Gasteiger partial charge on any atom is 0.338 e. The predicted octanol–water partition coefficient (Wildman–Crippen LogP) is 4.51. The van der Waals surface area contributed by atoms with Gasteiger partial charge in [-0.25, -0.2) is 14.8 Å². The number of imidazole rings is 1. The number of rotatable bonds is 4. The van der Waals surface area contributed by atoms with Gasteiger partial charge in [0.2, 0.25) is 0 Å². The van der Waals surface area contributed by atoms with Crippen molar-refractivity contribution in [2.24, 2.45) is 5.10 Å². The molecule has 0 saturated heterocycles. The number of hydrazone groups is 1. The lowest BCUT2D eigenvalue weighted by atomic mass is 10.0. The van der Waals surface area contributed by atoms with E-state index in [2.05, 4.69) is 40.8 Å². The molecule has 0 spiro atoms. The summed E-state index contributed by atoms with van der Waals surface area (Å²) >= 11 is 1.68. The smallest absolute Gasteiger partial charge is 0.334 e. The molecule has 1 aromatic carbocycles. The number of benzene rings is 1. The minimum atomic E-state index is -0.155. The van der Waals surface area contributed by atoms with E-state index in [-0.39, 0.29) is 18.1 Å². The van der Waals surface area contributed by atoms with Crippen molar-refractivity contribution in [3.63, 3.8) is 0 Å². The van der Waals surface area contributed by atoms with Gasteiger partial charge in [-0.05, 0) is 55.5 Å². The third-order valence-electron chi connectivity index (χ3n) is 4.74. The van der Waals surface area contributed by atoms with Crippen LogP contribution in [0, 0.1) is 6.92 Å². The molecule has 2 amide bonds. The maximum absolute atomic E-state index is 12.8. The molecule has 6 nitrogen and oxygen atoms in total. The molecule has 0 bridgehead atoms. The molecule has 1 atom stereocenters. The van der Waals surface area contributed by atoms with Crippen LogP contribution in [0.25, 0.3) is 5.69 Å². The summed E-state index contributed by atoms with van der Waals surface area (Å²) in [5.74, 6) is 0. The lowest BCUT2D eigenvalue weighted by Crippen LogP contribution is -2.40. The van der Waals surface area contributed by atoms with Crippen molar-refractivity contribution in [3.05, 3.63) is 70.4 Å². The Morgan fingerprint density at radius 1 is 1.25 bits per heavy atom. The number of hydrogen-bond donors (Lipinski definition) is 1. The average molecular weight is 394 g/mol. The van der Waals surface area contributed by atoms with Crippen molar-refractivity contribution in [1.29, 1.82) is 0 Å². The molecule has 1 aliphatic rings. The zero-order valence-electron chi connectivity index (χ0n) is 16.2. The van der Waals surface area contributed by atoms with E-state index < -0.39 is 0 Å². The molecular formula is C21H23N5OS. The van der Waals surface area contributed by atoms with Crippen LogP contribution in [0.2, 0.25) is 0 Å². The summed E-state index contributed by atoms with van der Waals surface area (Å²) in [4.78, 5) is 18.0. The van der Waals surface area contributed by atoms with Crippen LogP contribution >= 0.6 is 11.3 Å². The summed E-state index contributed by atoms with van der Waals surface area (Å²) in [6.07, 6.45) is 6.15. The van der Waals surface area contributed by atoms with E-state index in [0.29, 0.717) is 6.42 Å². The summed E-state index contributed by atoms with van der Waals surface area (Å²) < 4.78 is 1.96. The Labute approximate surface area is 168 Å². The van der Waals surface area contributed by atoms with Gasteiger partial charge in [0, 0.05) is 35.4 Å². The number of nitrogens with zero attached hydrogens (tertiary/aromatic N) is 4. The molecule has 4 rings (SSSR count). The zero-order valence-corrected chi connectivity index (χ0v) is 17.0. The number of nitrogens with one attached hydrogen (secondary N) is 1. The highest BCUT2D eigenvalue weighted by atomic mass is 32.1. The van der Waals surface area contributed by atoms with Crippen LogP contribution < -0.4 is 5.32 Å². The third kappa shape index (κ3) is 3.57. The maximum atomic E-state index is 12.8. The highest BCUT2D eigenvalue weighted by Crippen LogP contribution is 2.37. The summed E-state index contributed by atoms with van der Waals surface area (Å²) in [5.41, 5.74) is 4.20.